The van der Waals surface area contributed by atoms with E-state index in [1.807, 2.05) is 6.20 Å². The summed E-state index contributed by atoms with van der Waals surface area (Å²) in [6, 6.07) is 8.76. The van der Waals surface area contributed by atoms with E-state index in [0.717, 1.165) is 29.0 Å². The molecule has 3 aromatic rings. The SMILES string of the molecule is CCC(C)c1c[nH]c2ccc(Oc3c(Cl)cccc3C(F)(F)F)cc12. The number of nitrogens with one attached hydrogen (secondary N) is 1. The van der Waals surface area contributed by atoms with Crippen LogP contribution in [-0.4, -0.2) is 4.98 Å². The van der Waals surface area contributed by atoms with Gasteiger partial charge in [-0.1, -0.05) is 31.5 Å². The van der Waals surface area contributed by atoms with Gasteiger partial charge in [-0.05, 0) is 48.2 Å². The molecule has 2 aromatic carbocycles. The van der Waals surface area contributed by atoms with Crippen LogP contribution in [0.1, 0.15) is 37.3 Å². The number of aromatic nitrogens is 1. The van der Waals surface area contributed by atoms with Crippen molar-refractivity contribution >= 4 is 22.5 Å². The molecule has 0 amide bonds. The fraction of sp³-hybridized carbons (Fsp3) is 0.263. The summed E-state index contributed by atoms with van der Waals surface area (Å²) in [4.78, 5) is 3.18. The van der Waals surface area contributed by atoms with Crippen molar-refractivity contribution in [3.8, 4) is 11.5 Å². The van der Waals surface area contributed by atoms with Gasteiger partial charge in [0.1, 0.15) is 5.75 Å². The molecule has 0 spiro atoms. The lowest BCUT2D eigenvalue weighted by atomic mass is 9.98. The highest BCUT2D eigenvalue weighted by Gasteiger charge is 2.35. The summed E-state index contributed by atoms with van der Waals surface area (Å²) in [6.45, 7) is 4.19. The smallest absolute Gasteiger partial charge is 0.420 e. The maximum atomic E-state index is 13.2. The van der Waals surface area contributed by atoms with E-state index in [0.29, 0.717) is 11.7 Å². The minimum Gasteiger partial charge on any atom is -0.455 e. The first kappa shape index (κ1) is 17.7. The third-order valence-corrected chi connectivity index (χ3v) is 4.62. The van der Waals surface area contributed by atoms with E-state index in [2.05, 4.69) is 18.8 Å². The van der Waals surface area contributed by atoms with Gasteiger partial charge in [0, 0.05) is 17.1 Å². The number of fused-ring (bicyclic) bond motifs is 1. The Balaban J connectivity index is 2.05. The van der Waals surface area contributed by atoms with Crippen LogP contribution in [0.5, 0.6) is 11.5 Å². The number of para-hydroxylation sites is 1. The highest BCUT2D eigenvalue weighted by molar-refractivity contribution is 6.32. The fourth-order valence-electron chi connectivity index (χ4n) is 2.77. The normalized spacial score (nSPS) is 13.2. The van der Waals surface area contributed by atoms with E-state index in [-0.39, 0.29) is 10.8 Å². The predicted octanol–water partition coefficient (Wildman–Crippen LogP) is 7.15. The van der Waals surface area contributed by atoms with Crippen molar-refractivity contribution < 1.29 is 17.9 Å². The molecule has 0 radical (unpaired) electrons. The molecule has 0 saturated carbocycles. The molecule has 3 rings (SSSR count). The van der Waals surface area contributed by atoms with Gasteiger partial charge in [0.25, 0.3) is 0 Å². The Hall–Kier alpha value is -2.14. The summed E-state index contributed by atoms with van der Waals surface area (Å²) in [6.07, 6.45) is -1.65. The van der Waals surface area contributed by atoms with Gasteiger partial charge in [-0.15, -0.1) is 0 Å². The number of hydrogen-bond acceptors (Lipinski definition) is 1. The molecule has 0 fully saturated rings. The molecule has 0 saturated heterocycles. The number of H-pyrrole nitrogens is 1. The second-order valence-electron chi connectivity index (χ2n) is 5.98. The summed E-state index contributed by atoms with van der Waals surface area (Å²) < 4.78 is 45.2. The van der Waals surface area contributed by atoms with Crippen LogP contribution in [0.3, 0.4) is 0 Å². The summed E-state index contributed by atoms with van der Waals surface area (Å²) in [5.74, 6) is 0.266. The molecular formula is C19H17ClF3NO. The Morgan fingerprint density at radius 1 is 1.20 bits per heavy atom. The highest BCUT2D eigenvalue weighted by Crippen LogP contribution is 2.42. The van der Waals surface area contributed by atoms with Gasteiger partial charge < -0.3 is 9.72 Å². The van der Waals surface area contributed by atoms with E-state index in [4.69, 9.17) is 16.3 Å². The Bertz CT molecular complexity index is 901. The molecule has 1 N–H and O–H groups in total. The van der Waals surface area contributed by atoms with Gasteiger partial charge in [0.05, 0.1) is 10.6 Å². The van der Waals surface area contributed by atoms with Crippen LogP contribution < -0.4 is 4.74 Å². The van der Waals surface area contributed by atoms with Crippen LogP contribution in [0.2, 0.25) is 5.02 Å². The van der Waals surface area contributed by atoms with Crippen molar-refractivity contribution in [2.75, 3.05) is 0 Å². The molecule has 1 aromatic heterocycles. The minimum absolute atomic E-state index is 0.0776. The minimum atomic E-state index is -4.54. The molecule has 1 atom stereocenters. The van der Waals surface area contributed by atoms with Gasteiger partial charge in [-0.25, -0.2) is 0 Å². The van der Waals surface area contributed by atoms with Crippen LogP contribution >= 0.6 is 11.6 Å². The summed E-state index contributed by atoms with van der Waals surface area (Å²) in [5.41, 5.74) is 1.13. The molecule has 0 bridgehead atoms. The fourth-order valence-corrected chi connectivity index (χ4v) is 2.98. The number of rotatable bonds is 4. The molecule has 0 aliphatic rings. The first-order chi connectivity index (χ1) is 11.8. The molecule has 2 nitrogen and oxygen atoms in total. The summed E-state index contributed by atoms with van der Waals surface area (Å²) in [5, 5.41) is 0.860. The van der Waals surface area contributed by atoms with Crippen molar-refractivity contribution in [2.24, 2.45) is 0 Å². The molecule has 1 heterocycles. The van der Waals surface area contributed by atoms with Crippen LogP contribution in [0, 0.1) is 0 Å². The molecule has 1 unspecified atom stereocenters. The van der Waals surface area contributed by atoms with Crippen molar-refractivity contribution in [3.63, 3.8) is 0 Å². The lowest BCUT2D eigenvalue weighted by molar-refractivity contribution is -0.138. The van der Waals surface area contributed by atoms with Crippen LogP contribution in [0.25, 0.3) is 10.9 Å². The first-order valence-electron chi connectivity index (χ1n) is 7.95. The van der Waals surface area contributed by atoms with Crippen LogP contribution in [0.4, 0.5) is 13.2 Å². The molecule has 132 valence electrons. The zero-order valence-electron chi connectivity index (χ0n) is 13.7. The van der Waals surface area contributed by atoms with E-state index in [1.54, 1.807) is 18.2 Å². The maximum Gasteiger partial charge on any atom is 0.420 e. The quantitative estimate of drug-likeness (QED) is 0.520. The monoisotopic (exact) mass is 367 g/mol. The van der Waals surface area contributed by atoms with Crippen LogP contribution in [-0.2, 0) is 6.18 Å². The topological polar surface area (TPSA) is 25.0 Å². The Morgan fingerprint density at radius 3 is 2.64 bits per heavy atom. The van der Waals surface area contributed by atoms with E-state index in [9.17, 15) is 13.2 Å². The van der Waals surface area contributed by atoms with Crippen molar-refractivity contribution in [1.29, 1.82) is 0 Å². The van der Waals surface area contributed by atoms with Gasteiger partial charge in [0.2, 0.25) is 0 Å². The number of aromatic amines is 1. The zero-order chi connectivity index (χ0) is 18.2. The molecular weight excluding hydrogens is 351 g/mol. The average molecular weight is 368 g/mol. The number of halogens is 4. The number of benzene rings is 2. The lowest BCUT2D eigenvalue weighted by Gasteiger charge is -2.15. The number of alkyl halides is 3. The molecule has 6 heteroatoms. The number of ether oxygens (including phenoxy) is 1. The van der Waals surface area contributed by atoms with Crippen molar-refractivity contribution in [1.82, 2.24) is 4.98 Å². The average Bonchev–Trinajstić information content (AvgIpc) is 2.98. The highest BCUT2D eigenvalue weighted by atomic mass is 35.5. The third kappa shape index (κ3) is 3.47. The Morgan fingerprint density at radius 2 is 1.96 bits per heavy atom. The van der Waals surface area contributed by atoms with Gasteiger partial charge in [-0.3, -0.25) is 0 Å². The van der Waals surface area contributed by atoms with E-state index < -0.39 is 11.7 Å². The number of hydrogen-bond donors (Lipinski definition) is 1. The Kier molecular flexibility index (Phi) is 4.69. The van der Waals surface area contributed by atoms with Gasteiger partial charge >= 0.3 is 6.18 Å². The van der Waals surface area contributed by atoms with Gasteiger partial charge in [-0.2, -0.15) is 13.2 Å². The largest absolute Gasteiger partial charge is 0.455 e. The zero-order valence-corrected chi connectivity index (χ0v) is 14.5. The summed E-state index contributed by atoms with van der Waals surface area (Å²) >= 11 is 5.96. The second-order valence-corrected chi connectivity index (χ2v) is 6.38. The molecule has 25 heavy (non-hydrogen) atoms. The van der Waals surface area contributed by atoms with E-state index in [1.165, 1.54) is 12.1 Å². The maximum absolute atomic E-state index is 13.2. The van der Waals surface area contributed by atoms with Crippen molar-refractivity contribution in [2.45, 2.75) is 32.4 Å². The molecule has 0 aliphatic heterocycles. The van der Waals surface area contributed by atoms with Crippen molar-refractivity contribution in [3.05, 3.63) is 58.7 Å². The Labute approximate surface area is 148 Å². The van der Waals surface area contributed by atoms with Crippen LogP contribution in [0.15, 0.2) is 42.6 Å². The molecule has 0 aliphatic carbocycles. The third-order valence-electron chi connectivity index (χ3n) is 4.32. The lowest BCUT2D eigenvalue weighted by Crippen LogP contribution is -2.07. The predicted molar refractivity (Wildman–Crippen MR) is 93.5 cm³/mol. The second kappa shape index (κ2) is 6.64. The van der Waals surface area contributed by atoms with E-state index >= 15 is 0 Å². The standard InChI is InChI=1S/C19H17ClF3NO/c1-3-11(2)14-10-24-17-8-7-12(9-13(14)17)25-18-15(19(21,22)23)5-4-6-16(18)20/h4-11,24H,3H2,1-2H3. The summed E-state index contributed by atoms with van der Waals surface area (Å²) in [7, 11) is 0. The first-order valence-corrected chi connectivity index (χ1v) is 8.33. The van der Waals surface area contributed by atoms with Gasteiger partial charge in [0.15, 0.2) is 5.75 Å².